The lowest BCUT2D eigenvalue weighted by Gasteiger charge is -2.28. The molecule has 0 aliphatic carbocycles. The van der Waals surface area contributed by atoms with E-state index >= 15 is 0 Å². The molecule has 0 heterocycles. The number of unbranched alkanes of at least 4 members (excludes halogenated alkanes) is 1. The summed E-state index contributed by atoms with van der Waals surface area (Å²) in [5.74, 6) is -17.8. The quantitative estimate of drug-likeness (QED) is 0.0273. The first kappa shape index (κ1) is 70.5. The molecule has 32 nitrogen and oxygen atoms in total. The number of amides is 11. The summed E-state index contributed by atoms with van der Waals surface area (Å²) in [5.41, 5.74) is 22.7. The molecule has 0 spiro atoms. The number of hydrogen-bond donors (Lipinski definition) is 18. The van der Waals surface area contributed by atoms with Crippen LogP contribution in [0.25, 0.3) is 0 Å². The molecule has 81 heavy (non-hydrogen) atoms. The number of aliphatic carboxylic acids is 3. The van der Waals surface area contributed by atoms with Crippen LogP contribution in [0.2, 0.25) is 0 Å². The zero-order valence-corrected chi connectivity index (χ0v) is 45.3. The molecule has 0 saturated carbocycles. The van der Waals surface area contributed by atoms with E-state index in [1.165, 1.54) is 24.3 Å². The fourth-order valence-corrected chi connectivity index (χ4v) is 7.35. The van der Waals surface area contributed by atoms with Crippen molar-refractivity contribution in [3.05, 3.63) is 29.8 Å². The molecule has 1 aromatic carbocycles. The Labute approximate surface area is 465 Å². The summed E-state index contributed by atoms with van der Waals surface area (Å²) >= 11 is 0. The summed E-state index contributed by atoms with van der Waals surface area (Å²) < 4.78 is 0. The molecule has 0 aliphatic heterocycles. The van der Waals surface area contributed by atoms with Crippen molar-refractivity contribution < 1.29 is 92.7 Å². The van der Waals surface area contributed by atoms with Gasteiger partial charge in [0.25, 0.3) is 0 Å². The normalized spacial score (nSPS) is 14.3. The van der Waals surface area contributed by atoms with Crippen LogP contribution >= 0.6 is 0 Å². The molecule has 0 aliphatic rings. The number of aliphatic hydroxyl groups excluding tert-OH is 1. The van der Waals surface area contributed by atoms with E-state index in [9.17, 15) is 87.5 Å². The number of phenolic OH excluding ortho intramolecular Hbond substituents is 1. The van der Waals surface area contributed by atoms with Crippen LogP contribution in [0.3, 0.4) is 0 Å². The van der Waals surface area contributed by atoms with Crippen molar-refractivity contribution in [1.29, 1.82) is 0 Å². The van der Waals surface area contributed by atoms with Crippen LogP contribution in [0.4, 0.5) is 0 Å². The van der Waals surface area contributed by atoms with Crippen LogP contribution in [0.5, 0.6) is 5.75 Å². The number of aromatic hydroxyl groups is 1. The number of carboxylic acid groups (broad SMARTS) is 3. The van der Waals surface area contributed by atoms with Gasteiger partial charge in [-0.3, -0.25) is 62.3 Å². The number of aliphatic hydroxyl groups is 1. The molecule has 22 N–H and O–H groups in total. The van der Waals surface area contributed by atoms with Crippen molar-refractivity contribution in [1.82, 2.24) is 47.9 Å². The number of nitrogens with one attached hydrogen (secondary N) is 9. The largest absolute Gasteiger partial charge is 0.508 e. The number of nitrogens with two attached hydrogens (primary N) is 4. The molecule has 452 valence electrons. The third-order valence-corrected chi connectivity index (χ3v) is 11.8. The van der Waals surface area contributed by atoms with Gasteiger partial charge in [0.15, 0.2) is 0 Å². The second-order valence-corrected chi connectivity index (χ2v) is 19.5. The number of hydrogen-bond acceptors (Lipinski definition) is 18. The SMILES string of the molecule is CC(C)C[C@H](NC(=O)[C@@H](N)C(C)C)C(=O)N[C@@H](Cc1ccc(O)cc1)C(=O)N[C@@H](CC(N)=O)C(=O)N[C@@H](CCC(N)=O)C(=O)N[C@@H](CC(=O)O)C(=O)N[C@@H](CCC(=O)O)C(=O)N[C@@H](CCCCN)C(=O)NCC(=O)N[C@@H](CO)C(=O)O. The highest BCUT2D eigenvalue weighted by atomic mass is 16.4. The summed E-state index contributed by atoms with van der Waals surface area (Å²) in [6.07, 6.45) is -4.96. The molecule has 0 bridgehead atoms. The average molecular weight is 1150 g/mol. The van der Waals surface area contributed by atoms with Crippen LogP contribution in [0.15, 0.2) is 24.3 Å². The van der Waals surface area contributed by atoms with E-state index in [-0.39, 0.29) is 49.8 Å². The number of benzene rings is 1. The third kappa shape index (κ3) is 27.8. The molecule has 1 aromatic rings. The highest BCUT2D eigenvalue weighted by molar-refractivity contribution is 6.00. The fourth-order valence-electron chi connectivity index (χ4n) is 7.35. The Morgan fingerprint density at radius 3 is 1.42 bits per heavy atom. The van der Waals surface area contributed by atoms with E-state index < -0.39 is 189 Å². The number of phenols is 1. The zero-order chi connectivity index (χ0) is 61.7. The molecule has 0 fully saturated rings. The predicted molar refractivity (Wildman–Crippen MR) is 282 cm³/mol. The summed E-state index contributed by atoms with van der Waals surface area (Å²) in [6, 6.07) is -9.63. The van der Waals surface area contributed by atoms with Gasteiger partial charge in [0.1, 0.15) is 54.1 Å². The van der Waals surface area contributed by atoms with E-state index in [0.717, 1.165) is 0 Å². The van der Waals surface area contributed by atoms with Gasteiger partial charge < -0.3 is 96.3 Å². The number of rotatable bonds is 39. The van der Waals surface area contributed by atoms with Gasteiger partial charge in [-0.15, -0.1) is 0 Å². The molecule has 11 amide bonds. The Bertz CT molecular complexity index is 2390. The number of carboxylic acids is 3. The highest BCUT2D eigenvalue weighted by Gasteiger charge is 2.36. The topological polar surface area (TPSA) is 552 Å². The van der Waals surface area contributed by atoms with Gasteiger partial charge in [-0.25, -0.2) is 4.79 Å². The smallest absolute Gasteiger partial charge is 0.328 e. The van der Waals surface area contributed by atoms with Crippen LogP contribution in [-0.2, 0) is 73.5 Å². The van der Waals surface area contributed by atoms with Crippen LogP contribution in [0.1, 0.15) is 97.5 Å². The van der Waals surface area contributed by atoms with Crippen LogP contribution < -0.4 is 70.8 Å². The predicted octanol–water partition coefficient (Wildman–Crippen LogP) is -6.36. The molecule has 1 rings (SSSR count). The molecule has 0 aromatic heterocycles. The Kier molecular flexibility index (Phi) is 31.2. The van der Waals surface area contributed by atoms with Crippen molar-refractivity contribution in [3.8, 4) is 5.75 Å². The fraction of sp³-hybridized carbons (Fsp3) is 0.592. The van der Waals surface area contributed by atoms with Gasteiger partial charge in [0.05, 0.1) is 32.0 Å². The van der Waals surface area contributed by atoms with Crippen molar-refractivity contribution in [2.75, 3.05) is 19.7 Å². The van der Waals surface area contributed by atoms with Gasteiger partial charge in [0.2, 0.25) is 65.0 Å². The maximum Gasteiger partial charge on any atom is 0.328 e. The number of carbonyl (C=O) groups is 14. The van der Waals surface area contributed by atoms with E-state index in [1.807, 2.05) is 5.32 Å². The molecule has 0 unspecified atom stereocenters. The molecule has 0 radical (unpaired) electrons. The Morgan fingerprint density at radius 1 is 0.506 bits per heavy atom. The maximum absolute atomic E-state index is 14.2. The minimum absolute atomic E-state index is 0.0715. The minimum atomic E-state index is -2.16. The summed E-state index contributed by atoms with van der Waals surface area (Å²) in [7, 11) is 0. The lowest BCUT2D eigenvalue weighted by molar-refractivity contribution is -0.143. The van der Waals surface area contributed by atoms with Gasteiger partial charge in [-0.1, -0.05) is 39.8 Å². The van der Waals surface area contributed by atoms with E-state index in [2.05, 4.69) is 42.5 Å². The van der Waals surface area contributed by atoms with E-state index in [4.69, 9.17) is 28.0 Å². The lowest BCUT2D eigenvalue weighted by Crippen LogP contribution is -2.61. The molecule has 9 atom stereocenters. The third-order valence-electron chi connectivity index (χ3n) is 11.8. The van der Waals surface area contributed by atoms with Crippen molar-refractivity contribution >= 4 is 82.9 Å². The monoisotopic (exact) mass is 1150 g/mol. The molecular weight excluding hydrogens is 1070 g/mol. The maximum atomic E-state index is 14.2. The first-order chi connectivity index (χ1) is 37.9. The van der Waals surface area contributed by atoms with Gasteiger partial charge in [-0.2, -0.15) is 0 Å². The van der Waals surface area contributed by atoms with Gasteiger partial charge in [-0.05, 0) is 74.6 Å². The first-order valence-electron chi connectivity index (χ1n) is 25.7. The summed E-state index contributed by atoms with van der Waals surface area (Å²) in [4.78, 5) is 182. The van der Waals surface area contributed by atoms with E-state index in [1.54, 1.807) is 27.7 Å². The Balaban J connectivity index is 3.61. The first-order valence-corrected chi connectivity index (χ1v) is 25.7. The summed E-state index contributed by atoms with van der Waals surface area (Å²) in [5, 5.41) is 67.7. The molecule has 32 heteroatoms. The number of primary amides is 2. The second-order valence-electron chi connectivity index (χ2n) is 19.5. The minimum Gasteiger partial charge on any atom is -0.508 e. The Hall–Kier alpha value is -8.52. The standard InChI is InChI=1S/C49H77N13O19/c1-23(2)17-30(62-48(79)40(53)24(3)4)44(75)59-31(18-25-8-10-26(64)11-9-25)45(76)60-32(19-36(52)66)46(77)57-28(12-14-35(51)65)43(74)61-33(20-39(70)71)47(78)58-29(13-15-38(68)69)42(73)56-27(7-5-6-16-50)41(72)54-21-37(67)55-34(22-63)49(80)81/h8-11,23-24,27-34,40,63-64H,5-7,12-22,50,53H2,1-4H3,(H2,51,65)(H2,52,66)(H,54,72)(H,55,67)(H,56,73)(H,57,77)(H,58,78)(H,59,75)(H,60,76)(H,61,74)(H,62,79)(H,68,69)(H,70,71)(H,80,81)/t27-,28-,29-,30-,31-,32-,33-,34-,40-/m0/s1. The zero-order valence-electron chi connectivity index (χ0n) is 45.3. The second kappa shape index (κ2) is 35.9. The lowest BCUT2D eigenvalue weighted by atomic mass is 9.99. The molecule has 0 saturated heterocycles. The molecular formula is C49H77N13O19. The highest BCUT2D eigenvalue weighted by Crippen LogP contribution is 2.14. The summed E-state index contributed by atoms with van der Waals surface area (Å²) in [6.45, 7) is 5.19. The number of carbonyl (C=O) groups excluding carboxylic acids is 11. The average Bonchev–Trinajstić information content (AvgIpc) is 3.37. The van der Waals surface area contributed by atoms with E-state index in [0.29, 0.717) is 12.0 Å². The van der Waals surface area contributed by atoms with Gasteiger partial charge >= 0.3 is 17.9 Å². The van der Waals surface area contributed by atoms with Crippen molar-refractivity contribution in [3.63, 3.8) is 0 Å². The van der Waals surface area contributed by atoms with Crippen LogP contribution in [-0.4, -0.2) is 182 Å². The Morgan fingerprint density at radius 2 is 0.963 bits per heavy atom. The van der Waals surface area contributed by atoms with Crippen molar-refractivity contribution in [2.45, 2.75) is 153 Å². The van der Waals surface area contributed by atoms with Crippen LogP contribution in [0, 0.1) is 11.8 Å². The van der Waals surface area contributed by atoms with Crippen molar-refractivity contribution in [2.24, 2.45) is 34.8 Å². The van der Waals surface area contributed by atoms with Gasteiger partial charge in [0, 0.05) is 19.3 Å².